The maximum Gasteiger partial charge on any atom is 0.143 e. The number of aryl methyl sites for hydroxylation is 1. The highest BCUT2D eigenvalue weighted by molar-refractivity contribution is 7.98. The van der Waals surface area contributed by atoms with Crippen LogP contribution in [0.2, 0.25) is 0 Å². The number of aromatic nitrogens is 1. The van der Waals surface area contributed by atoms with Crippen LogP contribution < -0.4 is 5.73 Å². The van der Waals surface area contributed by atoms with Crippen molar-refractivity contribution in [3.05, 3.63) is 76.9 Å². The van der Waals surface area contributed by atoms with E-state index >= 15 is 0 Å². The molecule has 126 valence electrons. The van der Waals surface area contributed by atoms with Crippen LogP contribution in [0.3, 0.4) is 0 Å². The average Bonchev–Trinajstić information content (AvgIpc) is 2.67. The summed E-state index contributed by atoms with van der Waals surface area (Å²) in [5.74, 6) is 0.818. The van der Waals surface area contributed by atoms with Crippen LogP contribution in [0.15, 0.2) is 59.6 Å². The Morgan fingerprint density at radius 3 is 2.23 bits per heavy atom. The number of nitrogens with two attached hydrogens (primary N) is 1. The summed E-state index contributed by atoms with van der Waals surface area (Å²) >= 11 is 1.45. The summed E-state index contributed by atoms with van der Waals surface area (Å²) < 4.78 is 0. The third-order valence-corrected chi connectivity index (χ3v) is 5.02. The van der Waals surface area contributed by atoms with Gasteiger partial charge in [0.25, 0.3) is 0 Å². The lowest BCUT2D eigenvalue weighted by atomic mass is 9.96. The highest BCUT2D eigenvalue weighted by Crippen LogP contribution is 2.36. The molecule has 0 saturated heterocycles. The van der Waals surface area contributed by atoms with Gasteiger partial charge in [0.1, 0.15) is 28.5 Å². The Hall–Kier alpha value is -3.28. The van der Waals surface area contributed by atoms with E-state index < -0.39 is 0 Å². The number of hydrogen-bond donors (Lipinski definition) is 1. The number of pyridine rings is 1. The van der Waals surface area contributed by atoms with E-state index in [9.17, 15) is 10.5 Å². The van der Waals surface area contributed by atoms with Gasteiger partial charge in [-0.2, -0.15) is 10.5 Å². The Morgan fingerprint density at radius 1 is 0.962 bits per heavy atom. The van der Waals surface area contributed by atoms with Crippen molar-refractivity contribution in [1.29, 1.82) is 10.5 Å². The number of nitriles is 2. The second kappa shape index (κ2) is 7.74. The fourth-order valence-corrected chi connectivity index (χ4v) is 3.59. The quantitative estimate of drug-likeness (QED) is 0.686. The molecule has 5 heteroatoms. The summed E-state index contributed by atoms with van der Waals surface area (Å²) in [6, 6.07) is 22.0. The molecular formula is C21H16N4S. The number of thioether (sulfide) groups is 1. The van der Waals surface area contributed by atoms with Crippen molar-refractivity contribution in [2.45, 2.75) is 17.7 Å². The summed E-state index contributed by atoms with van der Waals surface area (Å²) in [7, 11) is 0. The Labute approximate surface area is 156 Å². The third-order valence-electron chi connectivity index (χ3n) is 3.97. The van der Waals surface area contributed by atoms with Crippen molar-refractivity contribution in [3.63, 3.8) is 0 Å². The lowest BCUT2D eigenvalue weighted by Crippen LogP contribution is -2.03. The second-order valence-electron chi connectivity index (χ2n) is 5.79. The molecule has 0 saturated carbocycles. The molecule has 0 aliphatic heterocycles. The summed E-state index contributed by atoms with van der Waals surface area (Å²) in [5.41, 5.74) is 10.2. The summed E-state index contributed by atoms with van der Waals surface area (Å²) in [4.78, 5) is 4.33. The molecule has 0 unspecified atom stereocenters. The van der Waals surface area contributed by atoms with Crippen LogP contribution in [-0.4, -0.2) is 4.98 Å². The molecule has 26 heavy (non-hydrogen) atoms. The number of benzene rings is 2. The van der Waals surface area contributed by atoms with E-state index in [4.69, 9.17) is 5.73 Å². The van der Waals surface area contributed by atoms with Crippen LogP contribution in [0.5, 0.6) is 0 Å². The van der Waals surface area contributed by atoms with Gasteiger partial charge in [-0.3, -0.25) is 0 Å². The molecule has 3 rings (SSSR count). The normalized spacial score (nSPS) is 10.1. The fraction of sp³-hybridized carbons (Fsp3) is 0.0952. The van der Waals surface area contributed by atoms with Gasteiger partial charge in [0.2, 0.25) is 0 Å². The highest BCUT2D eigenvalue weighted by Gasteiger charge is 2.20. The minimum absolute atomic E-state index is 0.151. The van der Waals surface area contributed by atoms with Crippen LogP contribution in [0, 0.1) is 29.6 Å². The van der Waals surface area contributed by atoms with Crippen molar-refractivity contribution in [2.75, 3.05) is 5.73 Å². The highest BCUT2D eigenvalue weighted by atomic mass is 32.2. The Kier molecular flexibility index (Phi) is 5.22. The molecule has 0 amide bonds. The summed E-state index contributed by atoms with van der Waals surface area (Å²) in [5, 5.41) is 19.9. The minimum atomic E-state index is 0.151. The zero-order chi connectivity index (χ0) is 18.5. The van der Waals surface area contributed by atoms with Gasteiger partial charge in [-0.1, -0.05) is 60.2 Å². The maximum absolute atomic E-state index is 9.77. The first-order valence-corrected chi connectivity index (χ1v) is 9.00. The Balaban J connectivity index is 2.10. The van der Waals surface area contributed by atoms with Crippen LogP contribution in [0.4, 0.5) is 5.82 Å². The Morgan fingerprint density at radius 2 is 1.62 bits per heavy atom. The van der Waals surface area contributed by atoms with E-state index in [1.807, 2.05) is 61.5 Å². The molecule has 0 spiro atoms. The van der Waals surface area contributed by atoms with Gasteiger partial charge in [0, 0.05) is 11.3 Å². The van der Waals surface area contributed by atoms with E-state index in [-0.39, 0.29) is 11.4 Å². The zero-order valence-corrected chi connectivity index (χ0v) is 15.0. The van der Waals surface area contributed by atoms with Crippen molar-refractivity contribution >= 4 is 17.6 Å². The number of nitrogens with zero attached hydrogens (tertiary/aromatic N) is 3. The topological polar surface area (TPSA) is 86.5 Å². The molecule has 0 atom stereocenters. The zero-order valence-electron chi connectivity index (χ0n) is 14.2. The van der Waals surface area contributed by atoms with E-state index in [0.29, 0.717) is 21.9 Å². The molecule has 4 nitrogen and oxygen atoms in total. The molecule has 0 bridgehead atoms. The van der Waals surface area contributed by atoms with Crippen molar-refractivity contribution < 1.29 is 0 Å². The number of nitrogen functional groups attached to an aromatic ring is 1. The molecule has 0 aliphatic carbocycles. The monoisotopic (exact) mass is 356 g/mol. The predicted octanol–water partition coefficient (Wildman–Crippen LogP) is 4.67. The third kappa shape index (κ3) is 3.54. The minimum Gasteiger partial charge on any atom is -0.383 e. The smallest absolute Gasteiger partial charge is 0.143 e. The van der Waals surface area contributed by atoms with E-state index in [1.54, 1.807) is 0 Å². The molecule has 0 radical (unpaired) electrons. The molecule has 2 N–H and O–H groups in total. The lowest BCUT2D eigenvalue weighted by Gasteiger charge is -2.13. The van der Waals surface area contributed by atoms with Gasteiger partial charge < -0.3 is 5.73 Å². The maximum atomic E-state index is 9.77. The lowest BCUT2D eigenvalue weighted by molar-refractivity contribution is 1.11. The second-order valence-corrected chi connectivity index (χ2v) is 6.76. The van der Waals surface area contributed by atoms with Gasteiger partial charge in [0.05, 0.1) is 5.56 Å². The summed E-state index contributed by atoms with van der Waals surface area (Å²) in [6.07, 6.45) is 0. The molecule has 3 aromatic rings. The summed E-state index contributed by atoms with van der Waals surface area (Å²) in [6.45, 7) is 1.99. The molecule has 1 heterocycles. The van der Waals surface area contributed by atoms with Crippen LogP contribution in [0.1, 0.15) is 22.3 Å². The van der Waals surface area contributed by atoms with E-state index in [0.717, 1.165) is 16.7 Å². The van der Waals surface area contributed by atoms with Gasteiger partial charge in [-0.05, 0) is 18.1 Å². The van der Waals surface area contributed by atoms with E-state index in [1.165, 1.54) is 11.8 Å². The standard InChI is InChI=1S/C21H16N4S/c1-14-7-9-16(10-8-14)19-17(11-22)20(24)25-21(18(19)12-23)26-13-15-5-3-2-4-6-15/h2-10H,13H2,1H3,(H2,24,25). The van der Waals surface area contributed by atoms with Crippen molar-refractivity contribution in [2.24, 2.45) is 0 Å². The molecule has 0 fully saturated rings. The Bertz CT molecular complexity index is 1010. The molecule has 1 aromatic heterocycles. The van der Waals surface area contributed by atoms with Gasteiger partial charge in [-0.25, -0.2) is 4.98 Å². The van der Waals surface area contributed by atoms with E-state index in [2.05, 4.69) is 17.1 Å². The first kappa shape index (κ1) is 17.5. The van der Waals surface area contributed by atoms with Crippen molar-refractivity contribution in [3.8, 4) is 23.3 Å². The predicted molar refractivity (Wildman–Crippen MR) is 104 cm³/mol. The van der Waals surface area contributed by atoms with Crippen molar-refractivity contribution in [1.82, 2.24) is 4.98 Å². The van der Waals surface area contributed by atoms with Gasteiger partial charge >= 0.3 is 0 Å². The largest absolute Gasteiger partial charge is 0.383 e. The number of hydrogen-bond acceptors (Lipinski definition) is 5. The molecule has 0 aliphatic rings. The SMILES string of the molecule is Cc1ccc(-c2c(C#N)c(N)nc(SCc3ccccc3)c2C#N)cc1. The van der Waals surface area contributed by atoms with Crippen LogP contribution in [0.25, 0.3) is 11.1 Å². The molecule has 2 aromatic carbocycles. The number of anilines is 1. The fourth-order valence-electron chi connectivity index (χ4n) is 2.64. The average molecular weight is 356 g/mol. The first-order chi connectivity index (χ1) is 12.6. The molecular weight excluding hydrogens is 340 g/mol. The number of rotatable bonds is 4. The van der Waals surface area contributed by atoms with Gasteiger partial charge in [-0.15, -0.1) is 11.8 Å². The van der Waals surface area contributed by atoms with Crippen LogP contribution in [-0.2, 0) is 5.75 Å². The first-order valence-electron chi connectivity index (χ1n) is 8.01. The van der Waals surface area contributed by atoms with Gasteiger partial charge in [0.15, 0.2) is 0 Å². The van der Waals surface area contributed by atoms with Crippen LogP contribution >= 0.6 is 11.8 Å².